The smallest absolute Gasteiger partial charge is 0.314 e. The van der Waals surface area contributed by atoms with Crippen LogP contribution in [-0.2, 0) is 0 Å². The lowest BCUT2D eigenvalue weighted by molar-refractivity contribution is -0.385. The second kappa shape index (κ2) is 9.96. The van der Waals surface area contributed by atoms with E-state index < -0.39 is 16.4 Å². The second-order valence-electron chi connectivity index (χ2n) is 7.70. The molecule has 0 saturated heterocycles. The molecule has 0 spiro atoms. The van der Waals surface area contributed by atoms with E-state index >= 15 is 0 Å². The van der Waals surface area contributed by atoms with Gasteiger partial charge in [-0.05, 0) is 60.7 Å². The molecule has 0 fully saturated rings. The molecule has 0 saturated carbocycles. The highest BCUT2D eigenvalue weighted by Crippen LogP contribution is 2.34. The third-order valence-electron chi connectivity index (χ3n) is 5.28. The van der Waals surface area contributed by atoms with Crippen LogP contribution in [0.3, 0.4) is 0 Å². The number of phenolic OH excluding ortho intramolecular Hbond substituents is 2. The van der Waals surface area contributed by atoms with Crippen molar-refractivity contribution in [1.82, 2.24) is 19.9 Å². The summed E-state index contributed by atoms with van der Waals surface area (Å²) < 4.78 is 11.4. The summed E-state index contributed by atoms with van der Waals surface area (Å²) in [6.45, 7) is 0. The number of nitro groups is 1. The molecule has 0 radical (unpaired) electrons. The van der Waals surface area contributed by atoms with Crippen LogP contribution < -0.4 is 9.47 Å². The third-order valence-corrected chi connectivity index (χ3v) is 5.28. The van der Waals surface area contributed by atoms with Gasteiger partial charge in [-0.15, -0.1) is 0 Å². The van der Waals surface area contributed by atoms with E-state index in [1.807, 2.05) is 18.3 Å². The molecule has 0 aliphatic carbocycles. The SMILES string of the molecule is O=[N+]([O-])c1cc(Oc2ccnc3[nH]ccc23)ccc1O.Oc1ccc(Oc2ccnc3[nH]ccc23)cc1. The van der Waals surface area contributed by atoms with Gasteiger partial charge in [0, 0.05) is 24.8 Å². The quantitative estimate of drug-likeness (QED) is 0.166. The first kappa shape index (κ1) is 23.2. The fourth-order valence-corrected chi connectivity index (χ4v) is 3.53. The van der Waals surface area contributed by atoms with Gasteiger partial charge >= 0.3 is 5.69 Å². The highest BCUT2D eigenvalue weighted by Gasteiger charge is 2.15. The Morgan fingerprint density at radius 2 is 1.27 bits per heavy atom. The molecule has 4 heterocycles. The largest absolute Gasteiger partial charge is 0.508 e. The van der Waals surface area contributed by atoms with E-state index in [1.54, 1.807) is 55.0 Å². The Kier molecular flexibility index (Phi) is 6.24. The van der Waals surface area contributed by atoms with Crippen LogP contribution in [0.2, 0.25) is 0 Å². The van der Waals surface area contributed by atoms with Crippen molar-refractivity contribution >= 4 is 27.8 Å². The first-order valence-corrected chi connectivity index (χ1v) is 10.9. The number of ether oxygens (including phenoxy) is 2. The number of nitrogens with one attached hydrogen (secondary N) is 2. The van der Waals surface area contributed by atoms with Gasteiger partial charge in [-0.1, -0.05) is 0 Å². The van der Waals surface area contributed by atoms with Crippen molar-refractivity contribution in [2.45, 2.75) is 0 Å². The van der Waals surface area contributed by atoms with E-state index in [-0.39, 0.29) is 11.5 Å². The number of hydrogen-bond acceptors (Lipinski definition) is 8. The number of hydrogen-bond donors (Lipinski definition) is 4. The van der Waals surface area contributed by atoms with E-state index in [1.165, 1.54) is 18.2 Å². The van der Waals surface area contributed by atoms with E-state index in [0.29, 0.717) is 17.1 Å². The van der Waals surface area contributed by atoms with E-state index in [9.17, 15) is 20.3 Å². The van der Waals surface area contributed by atoms with Crippen molar-refractivity contribution in [3.8, 4) is 34.5 Å². The fourth-order valence-electron chi connectivity index (χ4n) is 3.53. The van der Waals surface area contributed by atoms with Crippen LogP contribution >= 0.6 is 0 Å². The summed E-state index contributed by atoms with van der Waals surface area (Å²) >= 11 is 0. The summed E-state index contributed by atoms with van der Waals surface area (Å²) in [4.78, 5) is 24.4. The van der Waals surface area contributed by atoms with Gasteiger partial charge in [0.05, 0.1) is 21.8 Å². The Hall–Kier alpha value is -5.58. The molecule has 0 aliphatic heterocycles. The number of H-pyrrole nitrogens is 2. The monoisotopic (exact) mass is 497 g/mol. The van der Waals surface area contributed by atoms with E-state index in [2.05, 4.69) is 19.9 Å². The second-order valence-corrected chi connectivity index (χ2v) is 7.70. The van der Waals surface area contributed by atoms with Crippen LogP contribution in [-0.4, -0.2) is 35.1 Å². The number of aromatic amines is 2. The minimum atomic E-state index is -0.666. The number of aromatic nitrogens is 4. The molecule has 0 amide bonds. The van der Waals surface area contributed by atoms with Crippen molar-refractivity contribution < 1.29 is 24.6 Å². The normalized spacial score (nSPS) is 10.6. The van der Waals surface area contributed by atoms with Gasteiger partial charge in [0.15, 0.2) is 5.75 Å². The average molecular weight is 497 g/mol. The topological polar surface area (TPSA) is 159 Å². The minimum absolute atomic E-state index is 0.221. The maximum Gasteiger partial charge on any atom is 0.314 e. The molecule has 4 N–H and O–H groups in total. The van der Waals surface area contributed by atoms with Crippen molar-refractivity contribution in [2.75, 3.05) is 0 Å². The third kappa shape index (κ3) is 5.10. The van der Waals surface area contributed by atoms with Crippen LogP contribution in [0.5, 0.6) is 34.5 Å². The van der Waals surface area contributed by atoms with Crippen molar-refractivity contribution in [1.29, 1.82) is 0 Å². The summed E-state index contributed by atoms with van der Waals surface area (Å²) in [6.07, 6.45) is 6.81. The molecule has 4 aromatic heterocycles. The zero-order valence-electron chi connectivity index (χ0n) is 19.0. The Bertz CT molecular complexity index is 1690. The van der Waals surface area contributed by atoms with Crippen LogP contribution in [0, 0.1) is 10.1 Å². The van der Waals surface area contributed by atoms with Crippen molar-refractivity contribution in [2.24, 2.45) is 0 Å². The molecule has 6 aromatic rings. The van der Waals surface area contributed by atoms with Gasteiger partial charge in [-0.3, -0.25) is 10.1 Å². The number of phenols is 2. The summed E-state index contributed by atoms with van der Waals surface area (Å²) in [7, 11) is 0. The van der Waals surface area contributed by atoms with Gasteiger partial charge < -0.3 is 29.7 Å². The Morgan fingerprint density at radius 1 is 0.730 bits per heavy atom. The Labute approximate surface area is 208 Å². The van der Waals surface area contributed by atoms with Crippen LogP contribution in [0.15, 0.2) is 91.5 Å². The molecule has 184 valence electrons. The molecule has 11 nitrogen and oxygen atoms in total. The average Bonchev–Trinajstić information content (AvgIpc) is 3.58. The van der Waals surface area contributed by atoms with Crippen molar-refractivity contribution in [3.63, 3.8) is 0 Å². The van der Waals surface area contributed by atoms with Gasteiger partial charge in [0.2, 0.25) is 0 Å². The number of fused-ring (bicyclic) bond motifs is 2. The van der Waals surface area contributed by atoms with E-state index in [0.717, 1.165) is 22.2 Å². The predicted octanol–water partition coefficient (Wildman–Crippen LogP) is 6.03. The Balaban J connectivity index is 0.000000153. The summed E-state index contributed by atoms with van der Waals surface area (Å²) in [5.74, 6) is 2.03. The first-order valence-electron chi connectivity index (χ1n) is 10.9. The molecule has 0 aliphatic rings. The number of pyridine rings is 2. The van der Waals surface area contributed by atoms with Gasteiger partial charge in [-0.25, -0.2) is 9.97 Å². The number of rotatable bonds is 5. The molecule has 6 rings (SSSR count). The summed E-state index contributed by atoms with van der Waals surface area (Å²) in [5.41, 5.74) is 1.05. The maximum atomic E-state index is 10.8. The highest BCUT2D eigenvalue weighted by molar-refractivity contribution is 5.83. The molecule has 0 atom stereocenters. The summed E-state index contributed by atoms with van der Waals surface area (Å²) in [6, 6.07) is 17.7. The maximum absolute atomic E-state index is 10.8. The number of benzene rings is 2. The van der Waals surface area contributed by atoms with E-state index in [4.69, 9.17) is 9.47 Å². The summed E-state index contributed by atoms with van der Waals surface area (Å²) in [5, 5.41) is 31.1. The van der Waals surface area contributed by atoms with Crippen LogP contribution in [0.4, 0.5) is 5.69 Å². The number of nitro benzene ring substituents is 1. The van der Waals surface area contributed by atoms with Crippen LogP contribution in [0.25, 0.3) is 22.1 Å². The molecule has 2 aromatic carbocycles. The molecule has 11 heteroatoms. The molecular formula is C26H19N5O6. The fraction of sp³-hybridized carbons (Fsp3) is 0. The molecule has 0 unspecified atom stereocenters. The minimum Gasteiger partial charge on any atom is -0.508 e. The van der Waals surface area contributed by atoms with Gasteiger partial charge in [-0.2, -0.15) is 0 Å². The molecular weight excluding hydrogens is 478 g/mol. The standard InChI is InChI=1S/C13H9N3O4.C13H10N2O2/c17-11-2-1-8(7-10(11)16(18)19)20-12-4-6-15-13-9(12)3-5-14-13;16-9-1-3-10(4-2-9)17-12-6-8-15-13-11(12)5-7-14-13/h1-7,17H,(H,14,15);1-8,16H,(H,14,15). The first-order chi connectivity index (χ1) is 18.0. The lowest BCUT2D eigenvalue weighted by atomic mass is 10.2. The van der Waals surface area contributed by atoms with Gasteiger partial charge in [0.25, 0.3) is 0 Å². The molecule has 0 bridgehead atoms. The van der Waals surface area contributed by atoms with Gasteiger partial charge in [0.1, 0.15) is 40.0 Å². The number of nitrogens with zero attached hydrogens (tertiary/aromatic N) is 3. The number of aromatic hydroxyl groups is 2. The van der Waals surface area contributed by atoms with Crippen LogP contribution in [0.1, 0.15) is 0 Å². The zero-order valence-corrected chi connectivity index (χ0v) is 19.0. The highest BCUT2D eigenvalue weighted by atomic mass is 16.6. The predicted molar refractivity (Wildman–Crippen MR) is 135 cm³/mol. The van der Waals surface area contributed by atoms with Crippen molar-refractivity contribution in [3.05, 3.63) is 102 Å². The lowest BCUT2D eigenvalue weighted by Crippen LogP contribution is -1.91. The lowest BCUT2D eigenvalue weighted by Gasteiger charge is -2.06. The zero-order chi connectivity index (χ0) is 25.8. The molecule has 37 heavy (non-hydrogen) atoms. The Morgan fingerprint density at radius 3 is 1.84 bits per heavy atom.